The summed E-state index contributed by atoms with van der Waals surface area (Å²) in [6.07, 6.45) is 1.34. The van der Waals surface area contributed by atoms with Gasteiger partial charge in [-0.3, -0.25) is 9.59 Å². The molecule has 0 aromatic heterocycles. The Bertz CT molecular complexity index is 230. The molecule has 0 fully saturated rings. The van der Waals surface area contributed by atoms with Gasteiger partial charge in [-0.25, -0.2) is 0 Å². The van der Waals surface area contributed by atoms with Crippen molar-refractivity contribution in [3.05, 3.63) is 0 Å². The summed E-state index contributed by atoms with van der Waals surface area (Å²) >= 11 is 0. The average molecular weight is 243 g/mol. The molecule has 0 atom stereocenters. The number of hydrogen-bond donors (Lipinski definition) is 3. The third-order valence-electron chi connectivity index (χ3n) is 2.09. The van der Waals surface area contributed by atoms with Crippen molar-refractivity contribution in [2.45, 2.75) is 33.6 Å². The van der Waals surface area contributed by atoms with E-state index in [1.54, 1.807) is 0 Å². The quantitative estimate of drug-likeness (QED) is 0.509. The van der Waals surface area contributed by atoms with E-state index in [9.17, 15) is 9.59 Å². The van der Waals surface area contributed by atoms with Crippen LogP contribution in [-0.2, 0) is 9.59 Å². The number of amides is 2. The van der Waals surface area contributed by atoms with Crippen LogP contribution in [0, 0.1) is 5.92 Å². The second-order valence-corrected chi connectivity index (χ2v) is 4.47. The highest BCUT2D eigenvalue weighted by molar-refractivity contribution is 5.78. The van der Waals surface area contributed by atoms with Crippen molar-refractivity contribution in [3.8, 4) is 0 Å². The van der Waals surface area contributed by atoms with Crippen molar-refractivity contribution in [1.29, 1.82) is 0 Å². The summed E-state index contributed by atoms with van der Waals surface area (Å²) in [6, 6.07) is 0. The van der Waals surface area contributed by atoms with E-state index < -0.39 is 0 Å². The largest absolute Gasteiger partial charge is 0.356 e. The number of nitrogens with one attached hydrogen (secondary N) is 3. The Balaban J connectivity index is 3.38. The average Bonchev–Trinajstić information content (AvgIpc) is 2.29. The number of hydrogen-bond acceptors (Lipinski definition) is 3. The van der Waals surface area contributed by atoms with Crippen LogP contribution in [-0.4, -0.2) is 38.0 Å². The van der Waals surface area contributed by atoms with Crippen LogP contribution in [0.3, 0.4) is 0 Å². The molecular weight excluding hydrogens is 218 g/mol. The fourth-order valence-corrected chi connectivity index (χ4v) is 1.14. The van der Waals surface area contributed by atoms with Crippen molar-refractivity contribution in [3.63, 3.8) is 0 Å². The fourth-order valence-electron chi connectivity index (χ4n) is 1.14. The topological polar surface area (TPSA) is 70.2 Å². The second kappa shape index (κ2) is 10.1. The molecule has 0 rings (SSSR count). The molecule has 0 aliphatic rings. The van der Waals surface area contributed by atoms with Gasteiger partial charge in [0.25, 0.3) is 0 Å². The molecule has 0 aliphatic heterocycles. The third kappa shape index (κ3) is 11.2. The third-order valence-corrected chi connectivity index (χ3v) is 2.09. The van der Waals surface area contributed by atoms with Crippen LogP contribution in [0.2, 0.25) is 0 Å². The van der Waals surface area contributed by atoms with Crippen molar-refractivity contribution in [1.82, 2.24) is 16.0 Å². The van der Waals surface area contributed by atoms with Gasteiger partial charge >= 0.3 is 0 Å². The Labute approximate surface area is 104 Å². The molecule has 5 heteroatoms. The molecule has 0 unspecified atom stereocenters. The minimum absolute atomic E-state index is 0.0190. The van der Waals surface area contributed by atoms with Crippen LogP contribution < -0.4 is 16.0 Å². The lowest BCUT2D eigenvalue weighted by Crippen LogP contribution is -2.36. The van der Waals surface area contributed by atoms with Gasteiger partial charge in [0.1, 0.15) is 0 Å². The minimum Gasteiger partial charge on any atom is -0.356 e. The van der Waals surface area contributed by atoms with Gasteiger partial charge in [0.15, 0.2) is 0 Å². The Kier molecular flexibility index (Phi) is 9.43. The minimum atomic E-state index is -0.0190. The zero-order valence-electron chi connectivity index (χ0n) is 11.1. The van der Waals surface area contributed by atoms with Gasteiger partial charge in [-0.2, -0.15) is 0 Å². The summed E-state index contributed by atoms with van der Waals surface area (Å²) in [7, 11) is 0. The molecule has 0 radical (unpaired) electrons. The van der Waals surface area contributed by atoms with E-state index in [2.05, 4.69) is 29.8 Å². The van der Waals surface area contributed by atoms with E-state index >= 15 is 0 Å². The van der Waals surface area contributed by atoms with E-state index in [1.807, 2.05) is 6.92 Å². The Hall–Kier alpha value is -1.10. The molecule has 3 N–H and O–H groups in total. The first-order valence-corrected chi connectivity index (χ1v) is 6.30. The molecule has 100 valence electrons. The lowest BCUT2D eigenvalue weighted by molar-refractivity contribution is -0.122. The molecule has 0 heterocycles. The summed E-state index contributed by atoms with van der Waals surface area (Å²) in [6.45, 7) is 8.33. The zero-order valence-corrected chi connectivity index (χ0v) is 11.1. The van der Waals surface area contributed by atoms with Crippen molar-refractivity contribution < 1.29 is 9.59 Å². The molecule has 0 bridgehead atoms. The van der Waals surface area contributed by atoms with E-state index in [4.69, 9.17) is 0 Å². The van der Waals surface area contributed by atoms with Crippen LogP contribution >= 0.6 is 0 Å². The van der Waals surface area contributed by atoms with Crippen molar-refractivity contribution in [2.75, 3.05) is 26.2 Å². The van der Waals surface area contributed by atoms with Gasteiger partial charge in [0.05, 0.1) is 6.54 Å². The molecule has 0 aromatic rings. The van der Waals surface area contributed by atoms with Gasteiger partial charge in [-0.1, -0.05) is 20.8 Å². The summed E-state index contributed by atoms with van der Waals surface area (Å²) in [5.74, 6) is 0.473. The van der Waals surface area contributed by atoms with Crippen LogP contribution in [0.5, 0.6) is 0 Å². The van der Waals surface area contributed by atoms with Gasteiger partial charge in [0, 0.05) is 26.1 Å². The lowest BCUT2D eigenvalue weighted by Gasteiger charge is -2.08. The van der Waals surface area contributed by atoms with Crippen LogP contribution in [0.15, 0.2) is 0 Å². The Morgan fingerprint density at radius 1 is 1.06 bits per heavy atom. The van der Waals surface area contributed by atoms with Crippen molar-refractivity contribution >= 4 is 11.8 Å². The normalized spacial score (nSPS) is 10.4. The SMILES string of the molecule is CCCNC(=O)CNCCC(=O)NCC(C)C. The second-order valence-electron chi connectivity index (χ2n) is 4.47. The highest BCUT2D eigenvalue weighted by Gasteiger charge is 2.03. The highest BCUT2D eigenvalue weighted by Crippen LogP contribution is 1.87. The predicted octanol–water partition coefficient (Wildman–Crippen LogP) is 0.265. The van der Waals surface area contributed by atoms with Gasteiger partial charge in [-0.05, 0) is 12.3 Å². The lowest BCUT2D eigenvalue weighted by atomic mass is 10.2. The smallest absolute Gasteiger partial charge is 0.233 e. The van der Waals surface area contributed by atoms with Gasteiger partial charge in [0.2, 0.25) is 11.8 Å². The van der Waals surface area contributed by atoms with Crippen LogP contribution in [0.1, 0.15) is 33.6 Å². The van der Waals surface area contributed by atoms with Gasteiger partial charge in [-0.15, -0.1) is 0 Å². The molecule has 0 spiro atoms. The summed E-state index contributed by atoms with van der Waals surface area (Å²) in [4.78, 5) is 22.5. The first kappa shape index (κ1) is 15.9. The van der Waals surface area contributed by atoms with E-state index in [0.29, 0.717) is 32.0 Å². The summed E-state index contributed by atoms with van der Waals surface area (Å²) in [5.41, 5.74) is 0. The number of carbonyl (C=O) groups excluding carboxylic acids is 2. The maximum Gasteiger partial charge on any atom is 0.233 e. The Morgan fingerprint density at radius 3 is 2.35 bits per heavy atom. The summed E-state index contributed by atoms with van der Waals surface area (Å²) < 4.78 is 0. The summed E-state index contributed by atoms with van der Waals surface area (Å²) in [5, 5.41) is 8.52. The first-order chi connectivity index (χ1) is 8.06. The van der Waals surface area contributed by atoms with Crippen LogP contribution in [0.4, 0.5) is 0 Å². The molecule has 0 aliphatic carbocycles. The zero-order chi connectivity index (χ0) is 13.1. The van der Waals surface area contributed by atoms with Crippen LogP contribution in [0.25, 0.3) is 0 Å². The standard InChI is InChI=1S/C12H25N3O2/c1-4-6-14-12(17)9-13-7-5-11(16)15-8-10(2)3/h10,13H,4-9H2,1-3H3,(H,14,17)(H,15,16). The molecule has 2 amide bonds. The molecule has 0 aromatic carbocycles. The van der Waals surface area contributed by atoms with E-state index in [1.165, 1.54) is 0 Å². The maximum absolute atomic E-state index is 11.3. The highest BCUT2D eigenvalue weighted by atomic mass is 16.2. The van der Waals surface area contributed by atoms with Gasteiger partial charge < -0.3 is 16.0 Å². The molecule has 0 saturated carbocycles. The van der Waals surface area contributed by atoms with E-state index in [-0.39, 0.29) is 18.4 Å². The van der Waals surface area contributed by atoms with E-state index in [0.717, 1.165) is 6.42 Å². The molecule has 5 nitrogen and oxygen atoms in total. The number of carbonyl (C=O) groups is 2. The number of rotatable bonds is 9. The predicted molar refractivity (Wildman–Crippen MR) is 68.6 cm³/mol. The fraction of sp³-hybridized carbons (Fsp3) is 0.833. The molecular formula is C12H25N3O2. The molecule has 17 heavy (non-hydrogen) atoms. The maximum atomic E-state index is 11.3. The van der Waals surface area contributed by atoms with Crippen molar-refractivity contribution in [2.24, 2.45) is 5.92 Å². The Morgan fingerprint density at radius 2 is 1.76 bits per heavy atom. The molecule has 0 saturated heterocycles. The monoisotopic (exact) mass is 243 g/mol. The first-order valence-electron chi connectivity index (χ1n) is 6.30.